The van der Waals surface area contributed by atoms with E-state index in [9.17, 15) is 0 Å². The minimum Gasteiger partial charge on any atom is -0.483 e. The van der Waals surface area contributed by atoms with Gasteiger partial charge in [0, 0.05) is 15.8 Å². The molecule has 0 aliphatic carbocycles. The van der Waals surface area contributed by atoms with Crippen LogP contribution in [0.4, 0.5) is 0 Å². The molecule has 24 heavy (non-hydrogen) atoms. The first-order valence-corrected chi connectivity index (χ1v) is 8.26. The van der Waals surface area contributed by atoms with E-state index in [1.54, 1.807) is 18.2 Å². The van der Waals surface area contributed by atoms with Gasteiger partial charge in [-0.3, -0.25) is 0 Å². The summed E-state index contributed by atoms with van der Waals surface area (Å²) in [5, 5.41) is 10.5. The second kappa shape index (κ2) is 6.30. The number of benzene rings is 2. The molecule has 120 valence electrons. The summed E-state index contributed by atoms with van der Waals surface area (Å²) < 4.78 is 17.4. The zero-order valence-corrected chi connectivity index (χ0v) is 14.5. The summed E-state index contributed by atoms with van der Waals surface area (Å²) in [4.78, 5) is 0. The molecule has 2 heterocycles. The lowest BCUT2D eigenvalue weighted by Gasteiger charge is -2.08. The third-order valence-electron chi connectivity index (χ3n) is 3.43. The van der Waals surface area contributed by atoms with Crippen LogP contribution in [0.2, 0.25) is 5.02 Å². The highest BCUT2D eigenvalue weighted by molar-refractivity contribution is 9.10. The Hall–Kier alpha value is -2.31. The van der Waals surface area contributed by atoms with E-state index >= 15 is 0 Å². The van der Waals surface area contributed by atoms with Gasteiger partial charge in [-0.25, -0.2) is 0 Å². The van der Waals surface area contributed by atoms with Crippen molar-refractivity contribution >= 4 is 38.3 Å². The van der Waals surface area contributed by atoms with Gasteiger partial charge in [0.15, 0.2) is 17.0 Å². The molecular weight excluding hydrogens is 396 g/mol. The number of rotatable bonds is 4. The maximum absolute atomic E-state index is 6.21. The molecule has 0 atom stereocenters. The smallest absolute Gasteiger partial charge is 0.283 e. The summed E-state index contributed by atoms with van der Waals surface area (Å²) in [7, 11) is 0. The van der Waals surface area contributed by atoms with E-state index in [0.717, 1.165) is 10.8 Å². The van der Waals surface area contributed by atoms with Gasteiger partial charge in [-0.2, -0.15) is 0 Å². The van der Waals surface area contributed by atoms with Crippen LogP contribution in [-0.2, 0) is 6.61 Å². The van der Waals surface area contributed by atoms with Gasteiger partial charge in [-0.05, 0) is 40.2 Å². The van der Waals surface area contributed by atoms with Crippen LogP contribution >= 0.6 is 27.5 Å². The predicted octanol–water partition coefficient (Wildman–Crippen LogP) is 5.48. The van der Waals surface area contributed by atoms with E-state index < -0.39 is 0 Å². The predicted molar refractivity (Wildman–Crippen MR) is 93.0 cm³/mol. The minimum absolute atomic E-state index is 0.153. The molecule has 0 aliphatic rings. The molecule has 0 saturated heterocycles. The molecule has 4 rings (SSSR count). The zero-order valence-electron chi connectivity index (χ0n) is 12.2. The Balaban J connectivity index is 1.56. The first-order valence-electron chi connectivity index (χ1n) is 7.09. The normalized spacial score (nSPS) is 11.1. The van der Waals surface area contributed by atoms with Gasteiger partial charge in [0.2, 0.25) is 0 Å². The van der Waals surface area contributed by atoms with E-state index in [-0.39, 0.29) is 6.61 Å². The van der Waals surface area contributed by atoms with E-state index in [4.69, 9.17) is 25.2 Å². The van der Waals surface area contributed by atoms with Crippen molar-refractivity contribution in [3.8, 4) is 17.4 Å². The third-order valence-corrected chi connectivity index (χ3v) is 4.19. The fourth-order valence-corrected chi connectivity index (χ4v) is 2.88. The first kappa shape index (κ1) is 15.2. The van der Waals surface area contributed by atoms with Crippen molar-refractivity contribution in [2.75, 3.05) is 0 Å². The van der Waals surface area contributed by atoms with Crippen LogP contribution in [0.3, 0.4) is 0 Å². The van der Waals surface area contributed by atoms with Gasteiger partial charge in [0.25, 0.3) is 11.8 Å². The van der Waals surface area contributed by atoms with Gasteiger partial charge in [0.1, 0.15) is 5.75 Å². The molecule has 0 amide bonds. The van der Waals surface area contributed by atoms with E-state index in [1.807, 2.05) is 30.3 Å². The van der Waals surface area contributed by atoms with Gasteiger partial charge in [-0.1, -0.05) is 35.9 Å². The van der Waals surface area contributed by atoms with Gasteiger partial charge >= 0.3 is 0 Å². The Labute approximate surface area is 150 Å². The standard InChI is InChI=1S/C17H10BrClN2O3/c18-15-8-7-14(23-15)17-21-20-16(24-17)9-22-13-6-5-12(19)10-3-1-2-4-11(10)13/h1-8H,9H2. The summed E-state index contributed by atoms with van der Waals surface area (Å²) in [5.41, 5.74) is 0. The Morgan fingerprint density at radius 3 is 2.58 bits per heavy atom. The van der Waals surface area contributed by atoms with Crippen molar-refractivity contribution < 1.29 is 13.6 Å². The average Bonchev–Trinajstić information content (AvgIpc) is 3.23. The summed E-state index contributed by atoms with van der Waals surface area (Å²) in [6.45, 7) is 0.153. The first-order chi connectivity index (χ1) is 11.7. The Morgan fingerprint density at radius 1 is 0.958 bits per heavy atom. The molecule has 7 heteroatoms. The van der Waals surface area contributed by atoms with E-state index in [2.05, 4.69) is 26.1 Å². The molecule has 0 bridgehead atoms. The molecule has 0 saturated carbocycles. The summed E-state index contributed by atoms with van der Waals surface area (Å²) in [6, 6.07) is 14.9. The average molecular weight is 406 g/mol. The number of fused-ring (bicyclic) bond motifs is 1. The number of hydrogen-bond acceptors (Lipinski definition) is 5. The number of nitrogens with zero attached hydrogens (tertiary/aromatic N) is 2. The summed E-state index contributed by atoms with van der Waals surface area (Å²) in [5.74, 6) is 1.87. The Kier molecular flexibility index (Phi) is 4.00. The van der Waals surface area contributed by atoms with Gasteiger partial charge in [0.05, 0.1) is 0 Å². The lowest BCUT2D eigenvalue weighted by atomic mass is 10.1. The maximum atomic E-state index is 6.21. The molecule has 5 nitrogen and oxygen atoms in total. The highest BCUT2D eigenvalue weighted by atomic mass is 79.9. The molecule has 2 aromatic heterocycles. The summed E-state index contributed by atoms with van der Waals surface area (Å²) >= 11 is 9.44. The van der Waals surface area contributed by atoms with Crippen molar-refractivity contribution in [2.24, 2.45) is 0 Å². The maximum Gasteiger partial charge on any atom is 0.283 e. The van der Waals surface area contributed by atoms with Crippen molar-refractivity contribution in [2.45, 2.75) is 6.61 Å². The highest BCUT2D eigenvalue weighted by Crippen LogP contribution is 2.32. The molecule has 0 radical (unpaired) electrons. The van der Waals surface area contributed by atoms with Gasteiger partial charge < -0.3 is 13.6 Å². The fraction of sp³-hybridized carbons (Fsp3) is 0.0588. The minimum atomic E-state index is 0.153. The Morgan fingerprint density at radius 2 is 1.79 bits per heavy atom. The molecule has 0 N–H and O–H groups in total. The van der Waals surface area contributed by atoms with E-state index in [0.29, 0.717) is 33.0 Å². The molecular formula is C17H10BrClN2O3. The topological polar surface area (TPSA) is 61.3 Å². The van der Waals surface area contributed by atoms with E-state index in [1.165, 1.54) is 0 Å². The monoisotopic (exact) mass is 404 g/mol. The lowest BCUT2D eigenvalue weighted by molar-refractivity contribution is 0.266. The van der Waals surface area contributed by atoms with Crippen LogP contribution in [0.5, 0.6) is 5.75 Å². The molecule has 0 fully saturated rings. The highest BCUT2D eigenvalue weighted by Gasteiger charge is 2.13. The molecule has 0 unspecified atom stereocenters. The second-order valence-corrected chi connectivity index (χ2v) is 6.17. The van der Waals surface area contributed by atoms with Crippen LogP contribution in [0.1, 0.15) is 5.89 Å². The third kappa shape index (κ3) is 2.90. The SMILES string of the molecule is Clc1ccc(OCc2nnc(-c3ccc(Br)o3)o2)c2ccccc12. The van der Waals surface area contributed by atoms with Crippen molar-refractivity contribution in [3.05, 3.63) is 64.1 Å². The van der Waals surface area contributed by atoms with Gasteiger partial charge in [-0.15, -0.1) is 10.2 Å². The van der Waals surface area contributed by atoms with Crippen molar-refractivity contribution in [3.63, 3.8) is 0 Å². The largest absolute Gasteiger partial charge is 0.483 e. The fourth-order valence-electron chi connectivity index (χ4n) is 2.34. The van der Waals surface area contributed by atoms with Crippen LogP contribution in [0, 0.1) is 0 Å². The van der Waals surface area contributed by atoms with Crippen molar-refractivity contribution in [1.29, 1.82) is 0 Å². The van der Waals surface area contributed by atoms with Crippen LogP contribution in [0.15, 0.2) is 62.0 Å². The summed E-state index contributed by atoms with van der Waals surface area (Å²) in [6.07, 6.45) is 0. The zero-order chi connectivity index (χ0) is 16.5. The number of ether oxygens (including phenoxy) is 1. The number of halogens is 2. The molecule has 4 aromatic rings. The van der Waals surface area contributed by atoms with Crippen LogP contribution in [-0.4, -0.2) is 10.2 Å². The quantitative estimate of drug-likeness (QED) is 0.450. The Bertz CT molecular complexity index is 1010. The van der Waals surface area contributed by atoms with Crippen LogP contribution in [0.25, 0.3) is 22.4 Å². The lowest BCUT2D eigenvalue weighted by Crippen LogP contribution is -1.96. The number of furan rings is 1. The number of aromatic nitrogens is 2. The molecule has 0 spiro atoms. The second-order valence-electron chi connectivity index (χ2n) is 4.98. The molecule has 0 aliphatic heterocycles. The van der Waals surface area contributed by atoms with Crippen molar-refractivity contribution in [1.82, 2.24) is 10.2 Å². The van der Waals surface area contributed by atoms with Crippen LogP contribution < -0.4 is 4.74 Å². The number of hydrogen-bond donors (Lipinski definition) is 0. The molecule has 2 aromatic carbocycles.